The highest BCUT2D eigenvalue weighted by Crippen LogP contribution is 2.21. The number of nitrogens with zero attached hydrogens (tertiary/aromatic N) is 1. The molecule has 5 heteroatoms. The average Bonchev–Trinajstić information content (AvgIpc) is 2.95. The van der Waals surface area contributed by atoms with Crippen LogP contribution < -0.4 is 15.4 Å². The van der Waals surface area contributed by atoms with Gasteiger partial charge in [0, 0.05) is 18.8 Å². The van der Waals surface area contributed by atoms with Gasteiger partial charge in [0.05, 0.1) is 7.11 Å². The fraction of sp³-hybridized carbons (Fsp3) is 0.562. The van der Waals surface area contributed by atoms with E-state index >= 15 is 0 Å². The Morgan fingerprint density at radius 2 is 2.29 bits per heavy atom. The predicted molar refractivity (Wildman–Crippen MR) is 85.0 cm³/mol. The zero-order valence-corrected chi connectivity index (χ0v) is 13.1. The Kier molecular flexibility index (Phi) is 5.44. The number of likely N-dealkylation sites (tertiary alicyclic amines) is 1. The number of carbonyl (C=O) groups is 1. The van der Waals surface area contributed by atoms with Gasteiger partial charge in [-0.3, -0.25) is 0 Å². The van der Waals surface area contributed by atoms with Crippen LogP contribution in [0.25, 0.3) is 0 Å². The Morgan fingerprint density at radius 1 is 1.48 bits per heavy atom. The molecule has 21 heavy (non-hydrogen) atoms. The third-order valence-electron chi connectivity index (χ3n) is 4.05. The molecule has 1 aromatic carbocycles. The number of methoxy groups -OCH3 is 1. The summed E-state index contributed by atoms with van der Waals surface area (Å²) < 4.78 is 5.16. The second-order valence-corrected chi connectivity index (χ2v) is 5.56. The molecule has 1 saturated heterocycles. The second-order valence-electron chi connectivity index (χ2n) is 5.56. The molecule has 5 nitrogen and oxygen atoms in total. The second kappa shape index (κ2) is 7.31. The van der Waals surface area contributed by atoms with Crippen LogP contribution in [0.15, 0.2) is 18.2 Å². The standard InChI is InChI=1S/C16H25N3O2/c1-4-19-8-7-13(11-19)10-17-16(20)18-15-6-5-14(21-3)9-12(15)2/h5-6,9,13H,4,7-8,10-11H2,1-3H3,(H2,17,18,20)/t13-/m1/s1. The Morgan fingerprint density at radius 3 is 2.90 bits per heavy atom. The zero-order valence-electron chi connectivity index (χ0n) is 13.1. The van der Waals surface area contributed by atoms with Gasteiger partial charge in [-0.1, -0.05) is 6.92 Å². The van der Waals surface area contributed by atoms with E-state index in [1.165, 1.54) is 0 Å². The van der Waals surface area contributed by atoms with Crippen LogP contribution in [0.3, 0.4) is 0 Å². The van der Waals surface area contributed by atoms with Crippen molar-refractivity contribution in [3.05, 3.63) is 23.8 Å². The highest BCUT2D eigenvalue weighted by atomic mass is 16.5. The minimum Gasteiger partial charge on any atom is -0.497 e. The highest BCUT2D eigenvalue weighted by molar-refractivity contribution is 5.90. The monoisotopic (exact) mass is 291 g/mol. The first-order chi connectivity index (χ1) is 10.1. The van der Waals surface area contributed by atoms with E-state index in [0.29, 0.717) is 5.92 Å². The number of nitrogens with one attached hydrogen (secondary N) is 2. The fourth-order valence-electron chi connectivity index (χ4n) is 2.67. The molecule has 1 aliphatic rings. The Balaban J connectivity index is 1.79. The number of hydrogen-bond donors (Lipinski definition) is 2. The maximum absolute atomic E-state index is 12.0. The lowest BCUT2D eigenvalue weighted by atomic mass is 10.1. The van der Waals surface area contributed by atoms with Crippen molar-refractivity contribution in [3.8, 4) is 5.75 Å². The molecule has 0 aliphatic carbocycles. The quantitative estimate of drug-likeness (QED) is 0.876. The minimum atomic E-state index is -0.141. The van der Waals surface area contributed by atoms with Gasteiger partial charge in [-0.05, 0) is 56.1 Å². The lowest BCUT2D eigenvalue weighted by Crippen LogP contribution is -2.34. The molecule has 0 bridgehead atoms. The van der Waals surface area contributed by atoms with Crippen LogP contribution in [-0.4, -0.2) is 44.2 Å². The minimum absolute atomic E-state index is 0.141. The van der Waals surface area contributed by atoms with Gasteiger partial charge in [-0.25, -0.2) is 4.79 Å². The summed E-state index contributed by atoms with van der Waals surface area (Å²) in [5.74, 6) is 1.36. The number of urea groups is 1. The van der Waals surface area contributed by atoms with Gasteiger partial charge in [0.1, 0.15) is 5.75 Å². The van der Waals surface area contributed by atoms with Crippen molar-refractivity contribution in [3.63, 3.8) is 0 Å². The van der Waals surface area contributed by atoms with Crippen LogP contribution in [0, 0.1) is 12.8 Å². The van der Waals surface area contributed by atoms with E-state index in [4.69, 9.17) is 4.74 Å². The van der Waals surface area contributed by atoms with Gasteiger partial charge in [0.25, 0.3) is 0 Å². The molecular weight excluding hydrogens is 266 g/mol. The predicted octanol–water partition coefficient (Wildman–Crippen LogP) is 2.47. The summed E-state index contributed by atoms with van der Waals surface area (Å²) in [6.45, 7) is 8.18. The number of carbonyl (C=O) groups excluding carboxylic acids is 1. The van der Waals surface area contributed by atoms with Crippen LogP contribution in [0.1, 0.15) is 18.9 Å². The molecule has 1 heterocycles. The third kappa shape index (κ3) is 4.36. The molecule has 0 radical (unpaired) electrons. The van der Waals surface area contributed by atoms with Gasteiger partial charge in [-0.2, -0.15) is 0 Å². The molecule has 2 N–H and O–H groups in total. The van der Waals surface area contributed by atoms with Gasteiger partial charge in [0.15, 0.2) is 0 Å². The molecule has 116 valence electrons. The molecular formula is C16H25N3O2. The van der Waals surface area contributed by atoms with Crippen LogP contribution in [0.4, 0.5) is 10.5 Å². The number of rotatable bonds is 5. The number of hydrogen-bond acceptors (Lipinski definition) is 3. The Bertz CT molecular complexity index is 490. The summed E-state index contributed by atoms with van der Waals surface area (Å²) >= 11 is 0. The molecule has 0 saturated carbocycles. The van der Waals surface area contributed by atoms with Crippen LogP contribution in [0.2, 0.25) is 0 Å². The van der Waals surface area contributed by atoms with E-state index in [9.17, 15) is 4.79 Å². The molecule has 0 spiro atoms. The van der Waals surface area contributed by atoms with Crippen molar-refractivity contribution in [2.45, 2.75) is 20.3 Å². The first-order valence-corrected chi connectivity index (χ1v) is 7.54. The SMILES string of the molecule is CCN1CC[C@H](CNC(=O)Nc2ccc(OC)cc2C)C1. The van der Waals surface area contributed by atoms with Gasteiger partial charge >= 0.3 is 6.03 Å². The van der Waals surface area contributed by atoms with Crippen LogP contribution >= 0.6 is 0 Å². The van der Waals surface area contributed by atoms with Crippen LogP contribution in [0.5, 0.6) is 5.75 Å². The summed E-state index contributed by atoms with van der Waals surface area (Å²) in [6, 6.07) is 5.48. The van der Waals surface area contributed by atoms with Gasteiger partial charge in [0.2, 0.25) is 0 Å². The highest BCUT2D eigenvalue weighted by Gasteiger charge is 2.21. The van der Waals surface area contributed by atoms with Crippen molar-refractivity contribution in [1.29, 1.82) is 0 Å². The van der Waals surface area contributed by atoms with E-state index in [-0.39, 0.29) is 6.03 Å². The largest absolute Gasteiger partial charge is 0.497 e. The summed E-state index contributed by atoms with van der Waals surface area (Å²) in [6.07, 6.45) is 1.16. The molecule has 2 amide bonds. The van der Waals surface area contributed by atoms with Crippen molar-refractivity contribution in [2.75, 3.05) is 38.6 Å². The number of amides is 2. The Hall–Kier alpha value is -1.75. The van der Waals surface area contributed by atoms with E-state index in [1.54, 1.807) is 7.11 Å². The maximum Gasteiger partial charge on any atom is 0.319 e. The van der Waals surface area contributed by atoms with Crippen molar-refractivity contribution < 1.29 is 9.53 Å². The van der Waals surface area contributed by atoms with Gasteiger partial charge < -0.3 is 20.3 Å². The fourth-order valence-corrected chi connectivity index (χ4v) is 2.67. The summed E-state index contributed by atoms with van der Waals surface area (Å²) in [7, 11) is 1.63. The molecule has 1 aromatic rings. The third-order valence-corrected chi connectivity index (χ3v) is 4.05. The van der Waals surface area contributed by atoms with E-state index < -0.39 is 0 Å². The topological polar surface area (TPSA) is 53.6 Å². The summed E-state index contributed by atoms with van der Waals surface area (Å²) in [5.41, 5.74) is 1.80. The van der Waals surface area contributed by atoms with E-state index in [1.807, 2.05) is 25.1 Å². The number of aryl methyl sites for hydroxylation is 1. The first kappa shape index (κ1) is 15.6. The van der Waals surface area contributed by atoms with Crippen LogP contribution in [-0.2, 0) is 0 Å². The first-order valence-electron chi connectivity index (χ1n) is 7.54. The molecule has 0 unspecified atom stereocenters. The van der Waals surface area contributed by atoms with E-state index in [0.717, 1.165) is 49.6 Å². The smallest absolute Gasteiger partial charge is 0.319 e. The molecule has 1 aliphatic heterocycles. The van der Waals surface area contributed by atoms with Crippen molar-refractivity contribution in [2.24, 2.45) is 5.92 Å². The average molecular weight is 291 g/mol. The van der Waals surface area contributed by atoms with Crippen molar-refractivity contribution >= 4 is 11.7 Å². The summed E-state index contributed by atoms with van der Waals surface area (Å²) in [5, 5.41) is 5.86. The zero-order chi connectivity index (χ0) is 15.2. The molecule has 1 atom stereocenters. The number of ether oxygens (including phenoxy) is 1. The van der Waals surface area contributed by atoms with Gasteiger partial charge in [-0.15, -0.1) is 0 Å². The maximum atomic E-state index is 12.0. The Labute approximate surface area is 126 Å². The summed E-state index contributed by atoms with van der Waals surface area (Å²) in [4.78, 5) is 14.4. The molecule has 1 fully saturated rings. The lowest BCUT2D eigenvalue weighted by Gasteiger charge is -2.15. The normalized spacial score (nSPS) is 18.5. The number of benzene rings is 1. The molecule has 2 rings (SSSR count). The van der Waals surface area contributed by atoms with Crippen molar-refractivity contribution in [1.82, 2.24) is 10.2 Å². The lowest BCUT2D eigenvalue weighted by molar-refractivity contribution is 0.250. The molecule has 0 aromatic heterocycles. The van der Waals surface area contributed by atoms with E-state index in [2.05, 4.69) is 22.5 Å². The number of anilines is 1.